The van der Waals surface area contributed by atoms with Gasteiger partial charge in [0.25, 0.3) is 0 Å². The molecule has 1 aliphatic heterocycles. The van der Waals surface area contributed by atoms with Gasteiger partial charge in [-0.3, -0.25) is 4.79 Å². The molecule has 1 saturated heterocycles. The second kappa shape index (κ2) is 5.72. The first-order chi connectivity index (χ1) is 7.22. The Balaban J connectivity index is 2.46. The summed E-state index contributed by atoms with van der Waals surface area (Å²) >= 11 is 0. The molecule has 1 unspecified atom stereocenters. The van der Waals surface area contributed by atoms with E-state index >= 15 is 0 Å². The van der Waals surface area contributed by atoms with Crippen molar-refractivity contribution in [3.63, 3.8) is 0 Å². The molecule has 0 aromatic carbocycles. The largest absolute Gasteiger partial charge is 0.381 e. The number of nitriles is 1. The highest BCUT2D eigenvalue weighted by atomic mass is 16.5. The van der Waals surface area contributed by atoms with Gasteiger partial charge >= 0.3 is 0 Å². The van der Waals surface area contributed by atoms with Gasteiger partial charge in [0, 0.05) is 20.2 Å². The Morgan fingerprint density at radius 3 is 2.60 bits per heavy atom. The zero-order valence-corrected chi connectivity index (χ0v) is 9.40. The molecule has 0 aromatic heterocycles. The van der Waals surface area contributed by atoms with Crippen LogP contribution in [0.25, 0.3) is 0 Å². The van der Waals surface area contributed by atoms with Gasteiger partial charge in [0.05, 0.1) is 12.2 Å². The Morgan fingerprint density at radius 1 is 1.60 bits per heavy atom. The van der Waals surface area contributed by atoms with Gasteiger partial charge < -0.3 is 9.64 Å². The Kier molecular flexibility index (Phi) is 4.57. The second-order valence-electron chi connectivity index (χ2n) is 3.85. The van der Waals surface area contributed by atoms with Crippen molar-refractivity contribution in [1.29, 1.82) is 5.26 Å². The number of carbonyl (C=O) groups excluding carboxylic acids is 1. The first kappa shape index (κ1) is 12.0. The van der Waals surface area contributed by atoms with Crippen molar-refractivity contribution >= 4 is 5.91 Å². The topological polar surface area (TPSA) is 53.3 Å². The molecule has 1 rings (SSSR count). The van der Waals surface area contributed by atoms with E-state index in [1.54, 1.807) is 12.0 Å². The Hall–Kier alpha value is -1.08. The van der Waals surface area contributed by atoms with E-state index in [9.17, 15) is 4.79 Å². The van der Waals surface area contributed by atoms with Gasteiger partial charge in [-0.2, -0.15) is 5.26 Å². The Bertz CT molecular complexity index is 252. The molecule has 0 N–H and O–H groups in total. The van der Waals surface area contributed by atoms with Crippen molar-refractivity contribution in [2.45, 2.75) is 32.3 Å². The van der Waals surface area contributed by atoms with Crippen molar-refractivity contribution < 1.29 is 9.53 Å². The number of piperidine rings is 1. The third-order valence-corrected chi connectivity index (χ3v) is 2.95. The van der Waals surface area contributed by atoms with Gasteiger partial charge in [-0.05, 0) is 19.3 Å². The van der Waals surface area contributed by atoms with Crippen molar-refractivity contribution in [2.24, 2.45) is 5.92 Å². The van der Waals surface area contributed by atoms with Gasteiger partial charge in [-0.15, -0.1) is 0 Å². The Labute approximate surface area is 90.8 Å². The highest BCUT2D eigenvalue weighted by Gasteiger charge is 2.26. The summed E-state index contributed by atoms with van der Waals surface area (Å²) in [7, 11) is 1.70. The predicted octanol–water partition coefficient (Wildman–Crippen LogP) is 1.17. The summed E-state index contributed by atoms with van der Waals surface area (Å²) in [5.41, 5.74) is 0. The van der Waals surface area contributed by atoms with Gasteiger partial charge in [0.1, 0.15) is 5.92 Å². The number of hydrogen-bond donors (Lipinski definition) is 0. The summed E-state index contributed by atoms with van der Waals surface area (Å²) in [6.45, 7) is 3.30. The summed E-state index contributed by atoms with van der Waals surface area (Å²) in [5.74, 6) is -0.487. The van der Waals surface area contributed by atoms with Crippen LogP contribution < -0.4 is 0 Å². The lowest BCUT2D eigenvalue weighted by Crippen LogP contribution is -2.43. The molecule has 4 nitrogen and oxygen atoms in total. The fraction of sp³-hybridized carbons (Fsp3) is 0.818. The highest BCUT2D eigenvalue weighted by Crippen LogP contribution is 2.16. The minimum atomic E-state index is -0.468. The third kappa shape index (κ3) is 2.93. The molecule has 1 amide bonds. The standard InChI is InChI=1S/C11H18N2O2/c1-3-9(8-12)11(14)13-6-4-10(15-2)5-7-13/h9-10H,3-7H2,1-2H3. The quantitative estimate of drug-likeness (QED) is 0.702. The smallest absolute Gasteiger partial charge is 0.239 e. The molecule has 0 radical (unpaired) electrons. The number of amides is 1. The minimum Gasteiger partial charge on any atom is -0.381 e. The molecule has 0 aliphatic carbocycles. The summed E-state index contributed by atoms with van der Waals surface area (Å²) in [6.07, 6.45) is 2.63. The monoisotopic (exact) mass is 210 g/mol. The van der Waals surface area contributed by atoms with Gasteiger partial charge in [0.15, 0.2) is 0 Å². The van der Waals surface area contributed by atoms with E-state index in [-0.39, 0.29) is 12.0 Å². The van der Waals surface area contributed by atoms with Crippen molar-refractivity contribution in [2.75, 3.05) is 20.2 Å². The second-order valence-corrected chi connectivity index (χ2v) is 3.85. The molecule has 1 atom stereocenters. The van der Waals surface area contributed by atoms with Gasteiger partial charge in [-0.1, -0.05) is 6.92 Å². The normalized spacial score (nSPS) is 19.7. The van der Waals surface area contributed by atoms with Crippen molar-refractivity contribution in [1.82, 2.24) is 4.90 Å². The SMILES string of the molecule is CCC(C#N)C(=O)N1CCC(OC)CC1. The lowest BCUT2D eigenvalue weighted by molar-refractivity contribution is -0.136. The summed E-state index contributed by atoms with van der Waals surface area (Å²) in [6, 6.07) is 2.05. The number of likely N-dealkylation sites (tertiary alicyclic amines) is 1. The molecule has 0 bridgehead atoms. The first-order valence-electron chi connectivity index (χ1n) is 5.44. The number of hydrogen-bond acceptors (Lipinski definition) is 3. The number of nitrogens with zero attached hydrogens (tertiary/aromatic N) is 2. The average molecular weight is 210 g/mol. The maximum Gasteiger partial charge on any atom is 0.239 e. The average Bonchev–Trinajstić information content (AvgIpc) is 2.30. The van der Waals surface area contributed by atoms with Gasteiger partial charge in [-0.25, -0.2) is 0 Å². The lowest BCUT2D eigenvalue weighted by Gasteiger charge is -2.32. The van der Waals surface area contributed by atoms with Crippen molar-refractivity contribution in [3.8, 4) is 6.07 Å². The van der Waals surface area contributed by atoms with E-state index in [0.29, 0.717) is 6.42 Å². The van der Waals surface area contributed by atoms with Crippen LogP contribution in [0.2, 0.25) is 0 Å². The highest BCUT2D eigenvalue weighted by molar-refractivity contribution is 5.81. The number of carbonyl (C=O) groups is 1. The maximum atomic E-state index is 11.8. The number of ether oxygens (including phenoxy) is 1. The summed E-state index contributed by atoms with van der Waals surface area (Å²) in [5, 5.41) is 8.80. The minimum absolute atomic E-state index is 0.0189. The zero-order chi connectivity index (χ0) is 11.3. The van der Waals surface area contributed by atoms with E-state index in [4.69, 9.17) is 10.00 Å². The van der Waals surface area contributed by atoms with Crippen LogP contribution in [-0.2, 0) is 9.53 Å². The molecular weight excluding hydrogens is 192 g/mol. The van der Waals surface area contributed by atoms with E-state index in [1.165, 1.54) is 0 Å². The summed E-state index contributed by atoms with van der Waals surface area (Å²) < 4.78 is 5.23. The van der Waals surface area contributed by atoms with E-state index < -0.39 is 5.92 Å². The van der Waals surface area contributed by atoms with E-state index in [2.05, 4.69) is 6.07 Å². The van der Waals surface area contributed by atoms with Crippen LogP contribution in [-0.4, -0.2) is 37.1 Å². The molecule has 15 heavy (non-hydrogen) atoms. The van der Waals surface area contributed by atoms with Crippen LogP contribution >= 0.6 is 0 Å². The van der Waals surface area contributed by atoms with E-state index in [1.807, 2.05) is 6.92 Å². The van der Waals surface area contributed by atoms with Crippen LogP contribution in [0.3, 0.4) is 0 Å². The third-order valence-electron chi connectivity index (χ3n) is 2.95. The van der Waals surface area contributed by atoms with Crippen LogP contribution in [0.15, 0.2) is 0 Å². The fourth-order valence-electron chi connectivity index (χ4n) is 1.85. The van der Waals surface area contributed by atoms with Crippen LogP contribution in [0, 0.1) is 17.2 Å². The zero-order valence-electron chi connectivity index (χ0n) is 9.40. The molecule has 84 valence electrons. The molecule has 1 aliphatic rings. The molecule has 1 fully saturated rings. The first-order valence-corrected chi connectivity index (χ1v) is 5.44. The summed E-state index contributed by atoms with van der Waals surface area (Å²) in [4.78, 5) is 13.6. The molecule has 4 heteroatoms. The van der Waals surface area contributed by atoms with E-state index in [0.717, 1.165) is 25.9 Å². The molecule has 1 heterocycles. The molecular formula is C11H18N2O2. The van der Waals surface area contributed by atoms with Gasteiger partial charge in [0.2, 0.25) is 5.91 Å². The number of rotatable bonds is 3. The number of methoxy groups -OCH3 is 1. The predicted molar refractivity (Wildman–Crippen MR) is 56.0 cm³/mol. The molecule has 0 aromatic rings. The van der Waals surface area contributed by atoms with Crippen LogP contribution in [0.4, 0.5) is 0 Å². The fourth-order valence-corrected chi connectivity index (χ4v) is 1.85. The maximum absolute atomic E-state index is 11.8. The van der Waals surface area contributed by atoms with Crippen LogP contribution in [0.5, 0.6) is 0 Å². The van der Waals surface area contributed by atoms with Crippen molar-refractivity contribution in [3.05, 3.63) is 0 Å². The molecule has 0 spiro atoms. The van der Waals surface area contributed by atoms with Crippen LogP contribution in [0.1, 0.15) is 26.2 Å². The lowest BCUT2D eigenvalue weighted by atomic mass is 10.0. The Morgan fingerprint density at radius 2 is 2.20 bits per heavy atom. The molecule has 0 saturated carbocycles.